The first-order chi connectivity index (χ1) is 13.0. The molecule has 1 atom stereocenters. The summed E-state index contributed by atoms with van der Waals surface area (Å²) in [5.74, 6) is -0.141. The van der Waals surface area contributed by atoms with E-state index in [1.165, 1.54) is 19.2 Å². The summed E-state index contributed by atoms with van der Waals surface area (Å²) in [6.45, 7) is 1.80. The Labute approximate surface area is 155 Å². The minimum atomic E-state index is -0.538. The molecular weight excluding hydrogens is 353 g/mol. The first-order valence-electron chi connectivity index (χ1n) is 8.15. The summed E-state index contributed by atoms with van der Waals surface area (Å²) in [5.41, 5.74) is 0.941. The lowest BCUT2D eigenvalue weighted by atomic mass is 10.1. The lowest BCUT2D eigenvalue weighted by Gasteiger charge is -2.15. The summed E-state index contributed by atoms with van der Waals surface area (Å²) in [6, 6.07) is 10.9. The third kappa shape index (κ3) is 3.89. The van der Waals surface area contributed by atoms with Gasteiger partial charge in [-0.05, 0) is 36.8 Å². The van der Waals surface area contributed by atoms with Gasteiger partial charge in [-0.2, -0.15) is 4.98 Å². The number of ether oxygens (including phenoxy) is 2. The van der Waals surface area contributed by atoms with Crippen LogP contribution in [-0.4, -0.2) is 30.3 Å². The molecule has 0 saturated carbocycles. The van der Waals surface area contributed by atoms with Crippen LogP contribution in [0.4, 0.5) is 4.39 Å². The maximum Gasteiger partial charge on any atom is 0.293 e. The van der Waals surface area contributed by atoms with Crippen LogP contribution in [0.3, 0.4) is 0 Å². The van der Waals surface area contributed by atoms with Crippen LogP contribution < -0.4 is 14.8 Å². The van der Waals surface area contributed by atoms with Gasteiger partial charge >= 0.3 is 0 Å². The van der Waals surface area contributed by atoms with E-state index in [-0.39, 0.29) is 23.3 Å². The molecular formula is C19H18FN3O4. The molecule has 3 rings (SSSR count). The molecule has 1 N–H and O–H groups in total. The Morgan fingerprint density at radius 2 is 1.89 bits per heavy atom. The van der Waals surface area contributed by atoms with Crippen LogP contribution >= 0.6 is 0 Å². The quantitative estimate of drug-likeness (QED) is 0.715. The lowest BCUT2D eigenvalue weighted by Crippen LogP contribution is -2.27. The maximum absolute atomic E-state index is 13.8. The van der Waals surface area contributed by atoms with Crippen molar-refractivity contribution in [3.63, 3.8) is 0 Å². The van der Waals surface area contributed by atoms with Gasteiger partial charge in [-0.15, -0.1) is 0 Å². The van der Waals surface area contributed by atoms with Crippen LogP contribution in [-0.2, 0) is 0 Å². The van der Waals surface area contributed by atoms with E-state index in [2.05, 4.69) is 15.5 Å². The molecule has 0 saturated heterocycles. The van der Waals surface area contributed by atoms with E-state index in [1.807, 2.05) is 6.07 Å². The number of aromatic nitrogens is 2. The van der Waals surface area contributed by atoms with Gasteiger partial charge in [-0.25, -0.2) is 4.39 Å². The molecule has 2 aromatic carbocycles. The topological polar surface area (TPSA) is 86.5 Å². The van der Waals surface area contributed by atoms with E-state index < -0.39 is 11.7 Å². The van der Waals surface area contributed by atoms with Crippen molar-refractivity contribution in [2.75, 3.05) is 14.2 Å². The van der Waals surface area contributed by atoms with E-state index in [0.717, 1.165) is 5.56 Å². The summed E-state index contributed by atoms with van der Waals surface area (Å²) in [5, 5.41) is 6.40. The molecule has 0 fully saturated rings. The highest BCUT2D eigenvalue weighted by molar-refractivity contribution is 5.90. The highest BCUT2D eigenvalue weighted by Gasteiger charge is 2.20. The molecule has 8 heteroatoms. The summed E-state index contributed by atoms with van der Waals surface area (Å²) >= 11 is 0. The Morgan fingerprint density at radius 3 is 2.59 bits per heavy atom. The number of nitrogens with zero attached hydrogens (tertiary/aromatic N) is 2. The molecule has 1 heterocycles. The third-order valence-corrected chi connectivity index (χ3v) is 3.99. The zero-order valence-corrected chi connectivity index (χ0v) is 15.0. The standard InChI is InChI=1S/C19H18FN3O4/c1-11(12-8-9-15(25-2)16(10-12)26-3)21-18(24)17-22-19(27-23-17)13-6-4-5-7-14(13)20/h4-11H,1-3H3,(H,21,24). The van der Waals surface area contributed by atoms with Gasteiger partial charge in [0.15, 0.2) is 11.5 Å². The summed E-state index contributed by atoms with van der Waals surface area (Å²) in [7, 11) is 3.08. The molecule has 7 nitrogen and oxygen atoms in total. The van der Waals surface area contributed by atoms with Gasteiger partial charge in [-0.1, -0.05) is 23.4 Å². The number of methoxy groups -OCH3 is 2. The Bertz CT molecular complexity index is 958. The second-order valence-corrected chi connectivity index (χ2v) is 5.71. The fourth-order valence-corrected chi connectivity index (χ4v) is 2.53. The van der Waals surface area contributed by atoms with E-state index in [0.29, 0.717) is 11.5 Å². The zero-order chi connectivity index (χ0) is 19.4. The largest absolute Gasteiger partial charge is 0.493 e. The Hall–Kier alpha value is -3.42. The van der Waals surface area contributed by atoms with Crippen molar-refractivity contribution >= 4 is 5.91 Å². The van der Waals surface area contributed by atoms with Crippen LogP contribution in [0.15, 0.2) is 47.0 Å². The average Bonchev–Trinajstić information content (AvgIpc) is 3.17. The van der Waals surface area contributed by atoms with Crippen LogP contribution in [0.5, 0.6) is 11.5 Å². The molecule has 0 bridgehead atoms. The average molecular weight is 371 g/mol. The first kappa shape index (κ1) is 18.4. The number of nitrogens with one attached hydrogen (secondary N) is 1. The van der Waals surface area contributed by atoms with Gasteiger partial charge in [-0.3, -0.25) is 4.79 Å². The summed E-state index contributed by atoms with van der Waals surface area (Å²) in [6.07, 6.45) is 0. The molecule has 0 spiro atoms. The normalized spacial score (nSPS) is 11.7. The van der Waals surface area contributed by atoms with Crippen molar-refractivity contribution in [1.29, 1.82) is 0 Å². The SMILES string of the molecule is COc1ccc(C(C)NC(=O)c2noc(-c3ccccc3F)n2)cc1OC. The highest BCUT2D eigenvalue weighted by Crippen LogP contribution is 2.30. The molecule has 1 unspecified atom stereocenters. The van der Waals surface area contributed by atoms with Gasteiger partial charge < -0.3 is 19.3 Å². The second kappa shape index (κ2) is 7.86. The van der Waals surface area contributed by atoms with Crippen molar-refractivity contribution in [2.45, 2.75) is 13.0 Å². The van der Waals surface area contributed by atoms with Gasteiger partial charge in [0.1, 0.15) is 5.82 Å². The molecule has 1 aromatic heterocycles. The molecule has 0 aliphatic heterocycles. The van der Waals surface area contributed by atoms with Crippen LogP contribution in [0.2, 0.25) is 0 Å². The van der Waals surface area contributed by atoms with Crippen molar-refractivity contribution < 1.29 is 23.2 Å². The minimum absolute atomic E-state index is 0.0583. The van der Waals surface area contributed by atoms with Crippen LogP contribution in [0.1, 0.15) is 29.1 Å². The molecule has 0 radical (unpaired) electrons. The zero-order valence-electron chi connectivity index (χ0n) is 15.0. The first-order valence-corrected chi connectivity index (χ1v) is 8.15. The van der Waals surface area contributed by atoms with Crippen molar-refractivity contribution in [3.05, 3.63) is 59.7 Å². The predicted octanol–water partition coefficient (Wildman–Crippen LogP) is 3.38. The third-order valence-electron chi connectivity index (χ3n) is 3.99. The molecule has 3 aromatic rings. The highest BCUT2D eigenvalue weighted by atomic mass is 19.1. The van der Waals surface area contributed by atoms with Gasteiger partial charge in [0.2, 0.25) is 0 Å². The number of carbonyl (C=O) groups is 1. The Kier molecular flexibility index (Phi) is 5.35. The van der Waals surface area contributed by atoms with Crippen molar-refractivity contribution in [2.24, 2.45) is 0 Å². The number of benzene rings is 2. The maximum atomic E-state index is 13.8. The van der Waals surface area contributed by atoms with Gasteiger partial charge in [0.05, 0.1) is 25.8 Å². The molecule has 0 aliphatic carbocycles. The van der Waals surface area contributed by atoms with E-state index >= 15 is 0 Å². The number of rotatable bonds is 6. The second-order valence-electron chi connectivity index (χ2n) is 5.71. The van der Waals surface area contributed by atoms with E-state index in [1.54, 1.807) is 38.3 Å². The number of hydrogen-bond donors (Lipinski definition) is 1. The van der Waals surface area contributed by atoms with Crippen molar-refractivity contribution in [3.8, 4) is 23.0 Å². The summed E-state index contributed by atoms with van der Waals surface area (Å²) < 4.78 is 29.3. The van der Waals surface area contributed by atoms with Crippen LogP contribution in [0, 0.1) is 5.82 Å². The van der Waals surface area contributed by atoms with Crippen LogP contribution in [0.25, 0.3) is 11.5 Å². The molecule has 27 heavy (non-hydrogen) atoms. The lowest BCUT2D eigenvalue weighted by molar-refractivity contribution is 0.0926. The minimum Gasteiger partial charge on any atom is -0.493 e. The van der Waals surface area contributed by atoms with Gasteiger partial charge in [0, 0.05) is 0 Å². The number of amides is 1. The fraction of sp³-hybridized carbons (Fsp3) is 0.211. The number of halogens is 1. The smallest absolute Gasteiger partial charge is 0.293 e. The molecule has 0 aliphatic rings. The fourth-order valence-electron chi connectivity index (χ4n) is 2.53. The van der Waals surface area contributed by atoms with E-state index in [4.69, 9.17) is 14.0 Å². The van der Waals surface area contributed by atoms with Crippen molar-refractivity contribution in [1.82, 2.24) is 15.5 Å². The predicted molar refractivity (Wildman–Crippen MR) is 95.1 cm³/mol. The molecule has 140 valence electrons. The number of hydrogen-bond acceptors (Lipinski definition) is 6. The monoisotopic (exact) mass is 371 g/mol. The summed E-state index contributed by atoms with van der Waals surface area (Å²) in [4.78, 5) is 16.4. The number of carbonyl (C=O) groups excluding carboxylic acids is 1. The Morgan fingerprint density at radius 1 is 1.15 bits per heavy atom. The van der Waals surface area contributed by atoms with E-state index in [9.17, 15) is 9.18 Å². The van der Waals surface area contributed by atoms with Gasteiger partial charge in [0.25, 0.3) is 17.6 Å². The Balaban J connectivity index is 1.75. The molecule has 1 amide bonds.